The molecule has 2 amide bonds. The zero-order chi connectivity index (χ0) is 32.1. The van der Waals surface area contributed by atoms with Crippen LogP contribution in [0.25, 0.3) is 0 Å². The standard InChI is InChI=1S/C34H38F3N3O5/c1-22-29(20-39(2)19-23-8-4-3-5-9-23)44-32(45-30(22)25-15-13-24(21-41)14-16-25)26-10-6-11-27(18-26)38-31(42)28-12-7-17-40(28)33(43)34(35,36)37/h3-6,8-11,13-16,18,22,28-30,32,41H,7,12,17,19-21H2,1-2H3,(H,38,42). The molecule has 2 saturated heterocycles. The number of ether oxygens (including phenoxy) is 2. The van der Waals surface area contributed by atoms with Gasteiger partial charge in [-0.1, -0.05) is 73.7 Å². The maximum atomic E-state index is 13.1. The zero-order valence-corrected chi connectivity index (χ0v) is 25.2. The van der Waals surface area contributed by atoms with Gasteiger partial charge >= 0.3 is 12.1 Å². The van der Waals surface area contributed by atoms with Gasteiger partial charge in [0.15, 0.2) is 6.29 Å². The number of aliphatic hydroxyl groups is 1. The van der Waals surface area contributed by atoms with Crippen molar-refractivity contribution >= 4 is 17.5 Å². The number of amides is 2. The lowest BCUT2D eigenvalue weighted by Gasteiger charge is -2.42. The molecule has 0 radical (unpaired) electrons. The van der Waals surface area contributed by atoms with Crippen LogP contribution < -0.4 is 5.32 Å². The number of hydrogen-bond donors (Lipinski definition) is 2. The number of hydrogen-bond acceptors (Lipinski definition) is 6. The number of carbonyl (C=O) groups is 2. The third-order valence-corrected chi connectivity index (χ3v) is 8.40. The predicted octanol–water partition coefficient (Wildman–Crippen LogP) is 5.59. The molecule has 240 valence electrons. The van der Waals surface area contributed by atoms with E-state index in [9.17, 15) is 27.9 Å². The van der Waals surface area contributed by atoms with Crippen LogP contribution in [0.4, 0.5) is 18.9 Å². The first-order valence-corrected chi connectivity index (χ1v) is 15.0. The number of benzene rings is 3. The number of likely N-dealkylation sites (N-methyl/N-ethyl adjacent to an activating group) is 1. The SMILES string of the molecule is CC1C(CN(C)Cc2ccccc2)OC(c2cccc(NC(=O)C3CCCN3C(=O)C(F)(F)F)c2)OC1c1ccc(CO)cc1. The molecule has 5 atom stereocenters. The molecular weight excluding hydrogens is 587 g/mol. The number of aliphatic hydroxyl groups excluding tert-OH is 1. The Kier molecular flexibility index (Phi) is 10.2. The number of carbonyl (C=O) groups excluding carboxylic acids is 2. The zero-order valence-electron chi connectivity index (χ0n) is 25.2. The van der Waals surface area contributed by atoms with Gasteiger partial charge in [-0.3, -0.25) is 14.5 Å². The van der Waals surface area contributed by atoms with Crippen molar-refractivity contribution in [1.29, 1.82) is 0 Å². The van der Waals surface area contributed by atoms with Gasteiger partial charge in [-0.25, -0.2) is 0 Å². The molecule has 45 heavy (non-hydrogen) atoms. The van der Waals surface area contributed by atoms with Crippen LogP contribution >= 0.6 is 0 Å². The number of halogens is 3. The summed E-state index contributed by atoms with van der Waals surface area (Å²) in [4.78, 5) is 27.7. The summed E-state index contributed by atoms with van der Waals surface area (Å²) in [7, 11) is 2.03. The monoisotopic (exact) mass is 625 g/mol. The Hall–Kier alpha value is -3.77. The number of anilines is 1. The fourth-order valence-corrected chi connectivity index (χ4v) is 6.03. The van der Waals surface area contributed by atoms with Crippen molar-refractivity contribution in [3.05, 3.63) is 101 Å². The first-order chi connectivity index (χ1) is 21.5. The van der Waals surface area contributed by atoms with Crippen LogP contribution in [-0.2, 0) is 32.2 Å². The van der Waals surface area contributed by atoms with Crippen LogP contribution in [0.3, 0.4) is 0 Å². The Morgan fingerprint density at radius 3 is 2.40 bits per heavy atom. The molecule has 3 aromatic rings. The van der Waals surface area contributed by atoms with Crippen molar-refractivity contribution in [2.45, 2.75) is 63.6 Å². The highest BCUT2D eigenvalue weighted by molar-refractivity contribution is 5.98. The highest BCUT2D eigenvalue weighted by Gasteiger charge is 2.47. The molecule has 2 aliphatic heterocycles. The Morgan fingerprint density at radius 2 is 1.71 bits per heavy atom. The van der Waals surface area contributed by atoms with Crippen LogP contribution in [0.2, 0.25) is 0 Å². The molecule has 0 spiro atoms. The van der Waals surface area contributed by atoms with E-state index >= 15 is 0 Å². The predicted molar refractivity (Wildman–Crippen MR) is 162 cm³/mol. The van der Waals surface area contributed by atoms with E-state index in [1.54, 1.807) is 18.2 Å². The quantitative estimate of drug-likeness (QED) is 0.322. The Labute approximate surface area is 260 Å². The summed E-state index contributed by atoms with van der Waals surface area (Å²) >= 11 is 0. The third-order valence-electron chi connectivity index (χ3n) is 8.40. The summed E-state index contributed by atoms with van der Waals surface area (Å²) in [6.45, 7) is 3.22. The highest BCUT2D eigenvalue weighted by Crippen LogP contribution is 2.42. The molecular formula is C34H38F3N3O5. The number of alkyl halides is 3. The van der Waals surface area contributed by atoms with Gasteiger partial charge in [0.25, 0.3) is 0 Å². The first-order valence-electron chi connectivity index (χ1n) is 15.0. The molecule has 5 rings (SSSR count). The van der Waals surface area contributed by atoms with Gasteiger partial charge in [-0.15, -0.1) is 0 Å². The lowest BCUT2D eigenvalue weighted by molar-refractivity contribution is -0.276. The van der Waals surface area contributed by atoms with Gasteiger partial charge in [-0.05, 0) is 48.7 Å². The Morgan fingerprint density at radius 1 is 0.978 bits per heavy atom. The minimum Gasteiger partial charge on any atom is -0.392 e. The molecule has 5 unspecified atom stereocenters. The maximum Gasteiger partial charge on any atom is 0.471 e. The van der Waals surface area contributed by atoms with Crippen LogP contribution in [0.1, 0.15) is 54.4 Å². The van der Waals surface area contributed by atoms with E-state index in [4.69, 9.17) is 9.47 Å². The van der Waals surface area contributed by atoms with Crippen LogP contribution in [0.5, 0.6) is 0 Å². The fourth-order valence-electron chi connectivity index (χ4n) is 6.03. The molecule has 8 nitrogen and oxygen atoms in total. The molecule has 0 aliphatic carbocycles. The normalized spacial score (nSPS) is 23.7. The van der Waals surface area contributed by atoms with Gasteiger partial charge < -0.3 is 24.8 Å². The summed E-state index contributed by atoms with van der Waals surface area (Å²) in [5.74, 6) is -2.72. The number of likely N-dealkylation sites (tertiary alicyclic amines) is 1. The van der Waals surface area contributed by atoms with Gasteiger partial charge in [0, 0.05) is 36.8 Å². The minimum atomic E-state index is -5.05. The molecule has 2 N–H and O–H groups in total. The number of rotatable bonds is 9. The molecule has 2 aliphatic rings. The molecule has 0 saturated carbocycles. The van der Waals surface area contributed by atoms with E-state index in [-0.39, 0.29) is 37.7 Å². The fraction of sp³-hybridized carbons (Fsp3) is 0.412. The van der Waals surface area contributed by atoms with Gasteiger partial charge in [0.2, 0.25) is 5.91 Å². The first kappa shape index (κ1) is 32.6. The Bertz CT molecular complexity index is 1450. The van der Waals surface area contributed by atoms with Crippen molar-refractivity contribution in [2.24, 2.45) is 5.92 Å². The van der Waals surface area contributed by atoms with E-state index in [2.05, 4.69) is 29.3 Å². The number of nitrogens with zero attached hydrogens (tertiary/aromatic N) is 2. The maximum absolute atomic E-state index is 13.1. The van der Waals surface area contributed by atoms with Gasteiger partial charge in [0.05, 0.1) is 18.8 Å². The summed E-state index contributed by atoms with van der Waals surface area (Å²) in [6.07, 6.45) is -5.97. The van der Waals surface area contributed by atoms with E-state index in [1.165, 1.54) is 5.56 Å². The molecule has 0 bridgehead atoms. The second-order valence-corrected chi connectivity index (χ2v) is 11.8. The van der Waals surface area contributed by atoms with E-state index in [1.807, 2.05) is 55.6 Å². The van der Waals surface area contributed by atoms with E-state index in [0.29, 0.717) is 29.1 Å². The van der Waals surface area contributed by atoms with Crippen molar-refractivity contribution in [2.75, 3.05) is 25.5 Å². The molecule has 2 fully saturated rings. The second-order valence-electron chi connectivity index (χ2n) is 11.8. The van der Waals surface area contributed by atoms with Crippen LogP contribution in [0.15, 0.2) is 78.9 Å². The van der Waals surface area contributed by atoms with E-state index in [0.717, 1.165) is 17.7 Å². The third kappa shape index (κ3) is 7.91. The average molecular weight is 626 g/mol. The molecule has 0 aromatic heterocycles. The van der Waals surface area contributed by atoms with Gasteiger partial charge in [-0.2, -0.15) is 13.2 Å². The van der Waals surface area contributed by atoms with E-state index < -0.39 is 30.3 Å². The van der Waals surface area contributed by atoms with Crippen LogP contribution in [0, 0.1) is 5.92 Å². The molecule has 2 heterocycles. The van der Waals surface area contributed by atoms with Crippen LogP contribution in [-0.4, -0.2) is 65.2 Å². The lowest BCUT2D eigenvalue weighted by Crippen LogP contribution is -2.48. The minimum absolute atomic E-state index is 0.0399. The topological polar surface area (TPSA) is 91.3 Å². The summed E-state index contributed by atoms with van der Waals surface area (Å²) in [5.41, 5.74) is 3.88. The van der Waals surface area contributed by atoms with Gasteiger partial charge in [0.1, 0.15) is 6.04 Å². The lowest BCUT2D eigenvalue weighted by atomic mass is 9.90. The second kappa shape index (κ2) is 14.1. The summed E-state index contributed by atoms with van der Waals surface area (Å²) < 4.78 is 52.4. The van der Waals surface area contributed by atoms with Crippen molar-refractivity contribution in [3.8, 4) is 0 Å². The number of nitrogens with one attached hydrogen (secondary N) is 1. The molecule has 3 aromatic carbocycles. The van der Waals surface area contributed by atoms with Crippen molar-refractivity contribution in [3.63, 3.8) is 0 Å². The Balaban J connectivity index is 1.35. The van der Waals surface area contributed by atoms with Crippen molar-refractivity contribution in [1.82, 2.24) is 9.80 Å². The smallest absolute Gasteiger partial charge is 0.392 e. The molecule has 11 heteroatoms. The van der Waals surface area contributed by atoms with Crippen molar-refractivity contribution < 1.29 is 37.3 Å². The largest absolute Gasteiger partial charge is 0.471 e. The summed E-state index contributed by atoms with van der Waals surface area (Å²) in [6, 6.07) is 23.3. The summed E-state index contributed by atoms with van der Waals surface area (Å²) in [5, 5.41) is 12.2. The average Bonchev–Trinajstić information content (AvgIpc) is 3.52. The highest BCUT2D eigenvalue weighted by atomic mass is 19.4.